The van der Waals surface area contributed by atoms with Gasteiger partial charge in [0.25, 0.3) is 0 Å². The zero-order valence-corrected chi connectivity index (χ0v) is 34.7. The van der Waals surface area contributed by atoms with Crippen LogP contribution in [0, 0.1) is 0 Å². The largest absolute Gasteiger partial charge is 0.454 e. The number of rotatable bonds is 6. The Balaban J connectivity index is 1.08. The molecule has 0 aliphatic heterocycles. The van der Waals surface area contributed by atoms with Crippen LogP contribution in [0.3, 0.4) is 0 Å². The van der Waals surface area contributed by atoms with Crippen molar-refractivity contribution in [3.05, 3.63) is 206 Å². The molecule has 0 aliphatic carbocycles. The maximum Gasteiger partial charge on any atom is 0.163 e. The lowest BCUT2D eigenvalue weighted by molar-refractivity contribution is 0.670. The summed E-state index contributed by atoms with van der Waals surface area (Å²) in [5.74, 6) is 2.59. The fourth-order valence-corrected chi connectivity index (χ4v) is 10.00. The van der Waals surface area contributed by atoms with Gasteiger partial charge in [-0.15, -0.1) is 0 Å². The van der Waals surface area contributed by atoms with Gasteiger partial charge in [-0.05, 0) is 42.5 Å². The molecule has 0 N–H and O–H groups in total. The van der Waals surface area contributed by atoms with Crippen LogP contribution in [0.2, 0.25) is 0 Å². The second-order valence-corrected chi connectivity index (χ2v) is 16.6. The molecule has 0 spiro atoms. The van der Waals surface area contributed by atoms with Crippen molar-refractivity contribution in [2.24, 2.45) is 0 Å². The Bertz CT molecular complexity index is 4160. The third-order valence-electron chi connectivity index (χ3n) is 12.9. The van der Waals surface area contributed by atoms with E-state index in [9.17, 15) is 0 Å². The molecule has 8 heteroatoms. The summed E-state index contributed by atoms with van der Waals surface area (Å²) < 4.78 is 18.1. The van der Waals surface area contributed by atoms with Gasteiger partial charge in [0.1, 0.15) is 22.8 Å². The Labute approximate surface area is 370 Å². The van der Waals surface area contributed by atoms with Crippen molar-refractivity contribution in [2.75, 3.05) is 0 Å². The van der Waals surface area contributed by atoms with Gasteiger partial charge in [-0.25, -0.2) is 19.9 Å². The van der Waals surface area contributed by atoms with Crippen LogP contribution < -0.4 is 0 Å². The Hall–Kier alpha value is -8.88. The Morgan fingerprint density at radius 2 is 0.862 bits per heavy atom. The molecule has 0 atom stereocenters. The average molecular weight is 835 g/mol. The summed E-state index contributed by atoms with van der Waals surface area (Å²) in [6.45, 7) is 0. The second-order valence-electron chi connectivity index (χ2n) is 16.6. The molecule has 8 nitrogen and oxygen atoms in total. The van der Waals surface area contributed by atoms with Gasteiger partial charge in [0, 0.05) is 66.2 Å². The van der Waals surface area contributed by atoms with E-state index in [1.165, 1.54) is 0 Å². The molecule has 0 radical (unpaired) electrons. The zero-order chi connectivity index (χ0) is 42.6. The molecule has 14 aromatic rings. The molecule has 0 amide bonds. The van der Waals surface area contributed by atoms with E-state index in [2.05, 4.69) is 112 Å². The lowest BCUT2D eigenvalue weighted by Crippen LogP contribution is -2.09. The van der Waals surface area contributed by atoms with Crippen LogP contribution in [0.25, 0.3) is 122 Å². The van der Waals surface area contributed by atoms with Gasteiger partial charge in [0.2, 0.25) is 0 Å². The normalized spacial score (nSPS) is 12.1. The third-order valence-corrected chi connectivity index (χ3v) is 12.9. The second kappa shape index (κ2) is 13.8. The van der Waals surface area contributed by atoms with E-state index in [0.29, 0.717) is 23.9 Å². The third kappa shape index (κ3) is 5.37. The number of benzene rings is 8. The Kier molecular flexibility index (Phi) is 7.58. The number of aromatic nitrogens is 6. The quantitative estimate of drug-likeness (QED) is 0.166. The van der Waals surface area contributed by atoms with Crippen LogP contribution in [0.5, 0.6) is 0 Å². The maximum absolute atomic E-state index is 6.79. The van der Waals surface area contributed by atoms with E-state index in [0.717, 1.165) is 116 Å². The maximum atomic E-state index is 6.79. The van der Waals surface area contributed by atoms with Crippen molar-refractivity contribution in [1.29, 1.82) is 0 Å². The van der Waals surface area contributed by atoms with Crippen molar-refractivity contribution in [2.45, 2.75) is 6.42 Å². The van der Waals surface area contributed by atoms with Crippen LogP contribution >= 0.6 is 0 Å². The van der Waals surface area contributed by atoms with E-state index in [1.807, 2.05) is 91.1 Å². The number of hydrogen-bond donors (Lipinski definition) is 0. The predicted octanol–water partition coefficient (Wildman–Crippen LogP) is 14.2. The lowest BCUT2D eigenvalue weighted by atomic mass is 10.1. The minimum absolute atomic E-state index is 0.347. The van der Waals surface area contributed by atoms with Crippen LogP contribution in [-0.4, -0.2) is 29.1 Å². The Morgan fingerprint density at radius 3 is 1.43 bits per heavy atom. The molecular formula is C57H34N6O2. The number of furan rings is 2. The van der Waals surface area contributed by atoms with Crippen LogP contribution in [-0.2, 0) is 6.42 Å². The van der Waals surface area contributed by atoms with Gasteiger partial charge in [-0.1, -0.05) is 146 Å². The van der Waals surface area contributed by atoms with Gasteiger partial charge in [-0.3, -0.25) is 4.57 Å². The first-order valence-electron chi connectivity index (χ1n) is 21.8. The van der Waals surface area contributed by atoms with Crippen molar-refractivity contribution >= 4 is 87.5 Å². The first kappa shape index (κ1) is 35.7. The van der Waals surface area contributed by atoms with E-state index < -0.39 is 0 Å². The Morgan fingerprint density at radius 1 is 0.400 bits per heavy atom. The topological polar surface area (TPSA) is 87.7 Å². The molecule has 304 valence electrons. The predicted molar refractivity (Wildman–Crippen MR) is 261 cm³/mol. The molecule has 14 rings (SSSR count). The van der Waals surface area contributed by atoms with E-state index in [4.69, 9.17) is 28.8 Å². The van der Waals surface area contributed by atoms with Gasteiger partial charge in [0.15, 0.2) is 22.8 Å². The highest BCUT2D eigenvalue weighted by atomic mass is 16.3. The van der Waals surface area contributed by atoms with Crippen LogP contribution in [0.1, 0.15) is 11.4 Å². The summed E-state index contributed by atoms with van der Waals surface area (Å²) in [7, 11) is 0. The van der Waals surface area contributed by atoms with Crippen molar-refractivity contribution < 1.29 is 8.83 Å². The number of hydrogen-bond acceptors (Lipinski definition) is 6. The summed E-state index contributed by atoms with van der Waals surface area (Å²) >= 11 is 0. The fraction of sp³-hybridized carbons (Fsp3) is 0.0175. The summed E-state index contributed by atoms with van der Waals surface area (Å²) in [5.41, 5.74) is 11.0. The smallest absolute Gasteiger partial charge is 0.163 e. The number of nitrogens with zero attached hydrogens (tertiary/aromatic N) is 6. The van der Waals surface area contributed by atoms with Crippen molar-refractivity contribution in [3.8, 4) is 34.3 Å². The van der Waals surface area contributed by atoms with Crippen molar-refractivity contribution in [1.82, 2.24) is 29.1 Å². The van der Waals surface area contributed by atoms with Crippen LogP contribution in [0.15, 0.2) is 203 Å². The summed E-state index contributed by atoms with van der Waals surface area (Å²) in [5, 5.41) is 8.68. The SMILES string of the molecule is c1ccc(-c2nc(Cc3cc(-n4c5ccccc5c5ccc6c7ccccc7oc6c54)cnc3-n3c4ccccc4c4ccc5c6ccccc6oc5c43)nc(-c3ccccc3)n2)cc1. The minimum Gasteiger partial charge on any atom is -0.454 e. The monoisotopic (exact) mass is 834 g/mol. The first-order valence-corrected chi connectivity index (χ1v) is 21.8. The van der Waals surface area contributed by atoms with E-state index in [1.54, 1.807) is 0 Å². The number of para-hydroxylation sites is 4. The van der Waals surface area contributed by atoms with Crippen LogP contribution in [0.4, 0.5) is 0 Å². The number of pyridine rings is 1. The molecule has 0 aliphatic rings. The minimum atomic E-state index is 0.347. The molecule has 8 aromatic carbocycles. The summed E-state index contributed by atoms with van der Waals surface area (Å²) in [4.78, 5) is 21.0. The zero-order valence-electron chi connectivity index (χ0n) is 34.7. The molecule has 0 saturated heterocycles. The molecule has 0 bridgehead atoms. The van der Waals surface area contributed by atoms with Gasteiger partial charge >= 0.3 is 0 Å². The highest BCUT2D eigenvalue weighted by molar-refractivity contribution is 6.23. The fourth-order valence-electron chi connectivity index (χ4n) is 10.00. The van der Waals surface area contributed by atoms with Crippen molar-refractivity contribution in [3.63, 3.8) is 0 Å². The van der Waals surface area contributed by atoms with E-state index >= 15 is 0 Å². The molecular weight excluding hydrogens is 801 g/mol. The molecule has 6 heterocycles. The van der Waals surface area contributed by atoms with Gasteiger partial charge in [-0.2, -0.15) is 0 Å². The first-order chi connectivity index (χ1) is 32.2. The molecule has 0 saturated carbocycles. The lowest BCUT2D eigenvalue weighted by Gasteiger charge is -2.16. The summed E-state index contributed by atoms with van der Waals surface area (Å²) in [6.07, 6.45) is 2.34. The van der Waals surface area contributed by atoms with E-state index in [-0.39, 0.29) is 0 Å². The van der Waals surface area contributed by atoms with Gasteiger partial charge < -0.3 is 13.4 Å². The molecule has 0 fully saturated rings. The molecule has 65 heavy (non-hydrogen) atoms. The highest BCUT2D eigenvalue weighted by Crippen LogP contribution is 2.43. The highest BCUT2D eigenvalue weighted by Gasteiger charge is 2.25. The standard InChI is InChI=1S/C57H34N6O2/c1-3-15-34(16-4-1)55-59-50(60-56(61-55)35-17-5-2-6-18-35)32-36-31-37(62-46-23-11-7-19-38(46)42-27-29-44-40-21-9-13-25-48(40)64-53(44)51(42)62)33-58-57(36)63-47-24-12-8-20-39(47)43-28-30-45-41-22-10-14-26-49(41)65-54(45)52(43)63/h1-31,33H,32H2. The summed E-state index contributed by atoms with van der Waals surface area (Å²) in [6, 6.07) is 64.8. The molecule has 0 unspecified atom stereocenters. The molecule has 6 aromatic heterocycles. The number of fused-ring (bicyclic) bond motifs is 14. The van der Waals surface area contributed by atoms with Gasteiger partial charge in [0.05, 0.1) is 34.0 Å². The average Bonchev–Trinajstić information content (AvgIpc) is 4.12.